The third-order valence-corrected chi connectivity index (χ3v) is 5.76. The van der Waals surface area contributed by atoms with Crippen LogP contribution in [0.5, 0.6) is 0 Å². The fourth-order valence-corrected chi connectivity index (χ4v) is 3.83. The summed E-state index contributed by atoms with van der Waals surface area (Å²) < 4.78 is 34.9. The molecule has 1 aromatic carbocycles. The second-order valence-corrected chi connectivity index (χ2v) is 8.17. The number of carbonyl (C=O) groups is 2. The molecule has 138 valence electrons. The number of sulfone groups is 1. The SMILES string of the molecule is COC(=O)C1COCCN1C(=O)CS(=O)(=O)c1ccc(C(C)C)cc1. The first-order valence-corrected chi connectivity index (χ1v) is 9.69. The number of benzene rings is 1. The van der Waals surface area contributed by atoms with Crippen molar-refractivity contribution in [3.8, 4) is 0 Å². The molecule has 1 atom stereocenters. The topological polar surface area (TPSA) is 90.0 Å². The Morgan fingerprint density at radius 2 is 1.92 bits per heavy atom. The van der Waals surface area contributed by atoms with Crippen LogP contribution in [0.15, 0.2) is 29.2 Å². The standard InChI is InChI=1S/C17H23NO6S/c1-12(2)13-4-6-14(7-5-13)25(21,22)11-16(19)18-8-9-24-10-15(18)17(20)23-3/h4-7,12,15H,8-11H2,1-3H3. The molecule has 2 rings (SSSR count). The van der Waals surface area contributed by atoms with E-state index in [1.165, 1.54) is 24.1 Å². The summed E-state index contributed by atoms with van der Waals surface area (Å²) in [7, 11) is -2.58. The van der Waals surface area contributed by atoms with Gasteiger partial charge in [-0.1, -0.05) is 26.0 Å². The van der Waals surface area contributed by atoms with Crippen molar-refractivity contribution in [1.82, 2.24) is 4.90 Å². The Morgan fingerprint density at radius 1 is 1.28 bits per heavy atom. The van der Waals surface area contributed by atoms with E-state index in [9.17, 15) is 18.0 Å². The van der Waals surface area contributed by atoms with Crippen molar-refractivity contribution in [2.75, 3.05) is 32.6 Å². The molecule has 1 heterocycles. The van der Waals surface area contributed by atoms with Crippen LogP contribution in [-0.4, -0.2) is 63.9 Å². The molecule has 1 amide bonds. The fraction of sp³-hybridized carbons (Fsp3) is 0.529. The van der Waals surface area contributed by atoms with Crippen LogP contribution in [0, 0.1) is 0 Å². The van der Waals surface area contributed by atoms with E-state index < -0.39 is 33.5 Å². The van der Waals surface area contributed by atoms with Gasteiger partial charge in [-0.2, -0.15) is 0 Å². The number of nitrogens with zero attached hydrogens (tertiary/aromatic N) is 1. The van der Waals surface area contributed by atoms with Crippen LogP contribution in [0.3, 0.4) is 0 Å². The van der Waals surface area contributed by atoms with Crippen LogP contribution in [0.2, 0.25) is 0 Å². The lowest BCUT2D eigenvalue weighted by Gasteiger charge is -2.33. The van der Waals surface area contributed by atoms with Gasteiger partial charge in [0.15, 0.2) is 15.9 Å². The van der Waals surface area contributed by atoms with E-state index in [-0.39, 0.29) is 30.6 Å². The molecule has 0 aromatic heterocycles. The Bertz CT molecular complexity index is 726. The number of hydrogen-bond donors (Lipinski definition) is 0. The Kier molecular flexibility index (Phi) is 6.18. The van der Waals surface area contributed by atoms with Gasteiger partial charge in [-0.05, 0) is 23.6 Å². The molecule has 1 saturated heterocycles. The molecular weight excluding hydrogens is 346 g/mol. The average molecular weight is 369 g/mol. The minimum atomic E-state index is -3.79. The number of morpholine rings is 1. The lowest BCUT2D eigenvalue weighted by molar-refractivity contribution is -0.159. The van der Waals surface area contributed by atoms with Crippen LogP contribution in [0.1, 0.15) is 25.3 Å². The third kappa shape index (κ3) is 4.58. The maximum Gasteiger partial charge on any atom is 0.331 e. The second kappa shape index (κ2) is 7.97. The van der Waals surface area contributed by atoms with Gasteiger partial charge in [-0.3, -0.25) is 4.79 Å². The zero-order valence-corrected chi connectivity index (χ0v) is 15.4. The van der Waals surface area contributed by atoms with Crippen molar-refractivity contribution in [2.45, 2.75) is 30.7 Å². The predicted molar refractivity (Wildman–Crippen MR) is 90.9 cm³/mol. The smallest absolute Gasteiger partial charge is 0.331 e. The Morgan fingerprint density at radius 3 is 2.48 bits per heavy atom. The van der Waals surface area contributed by atoms with E-state index in [0.717, 1.165) is 5.56 Å². The summed E-state index contributed by atoms with van der Waals surface area (Å²) in [5.74, 6) is -1.66. The molecule has 7 nitrogen and oxygen atoms in total. The first-order chi connectivity index (χ1) is 11.8. The van der Waals surface area contributed by atoms with E-state index >= 15 is 0 Å². The molecule has 1 aliphatic rings. The molecule has 8 heteroatoms. The lowest BCUT2D eigenvalue weighted by atomic mass is 10.0. The second-order valence-electron chi connectivity index (χ2n) is 6.18. The van der Waals surface area contributed by atoms with Crippen molar-refractivity contribution in [1.29, 1.82) is 0 Å². The molecule has 0 saturated carbocycles. The van der Waals surface area contributed by atoms with Gasteiger partial charge in [-0.15, -0.1) is 0 Å². The summed E-state index contributed by atoms with van der Waals surface area (Å²) in [5.41, 5.74) is 1.02. The normalized spacial score (nSPS) is 18.2. The highest BCUT2D eigenvalue weighted by atomic mass is 32.2. The quantitative estimate of drug-likeness (QED) is 0.719. The molecule has 25 heavy (non-hydrogen) atoms. The Labute approximate surface area is 147 Å². The summed E-state index contributed by atoms with van der Waals surface area (Å²) in [6.45, 7) is 4.43. The monoisotopic (exact) mass is 369 g/mol. The summed E-state index contributed by atoms with van der Waals surface area (Å²) in [6.07, 6.45) is 0. The molecule has 1 aliphatic heterocycles. The van der Waals surface area contributed by atoms with Crippen molar-refractivity contribution in [3.63, 3.8) is 0 Å². The predicted octanol–water partition coefficient (Wildman–Crippen LogP) is 0.984. The third-order valence-electron chi connectivity index (χ3n) is 4.14. The van der Waals surface area contributed by atoms with Gasteiger partial charge in [-0.25, -0.2) is 13.2 Å². The number of hydrogen-bond acceptors (Lipinski definition) is 6. The first kappa shape index (κ1) is 19.4. The van der Waals surface area contributed by atoms with Crippen LogP contribution in [0.4, 0.5) is 0 Å². The minimum Gasteiger partial charge on any atom is -0.467 e. The zero-order valence-electron chi connectivity index (χ0n) is 14.6. The molecule has 0 N–H and O–H groups in total. The fourth-order valence-electron chi connectivity index (χ4n) is 2.62. The number of esters is 1. The molecular formula is C17H23NO6S. The maximum atomic E-state index is 12.5. The van der Waals surface area contributed by atoms with Gasteiger partial charge in [0.25, 0.3) is 0 Å². The van der Waals surface area contributed by atoms with Gasteiger partial charge in [0, 0.05) is 6.54 Å². The highest BCUT2D eigenvalue weighted by molar-refractivity contribution is 7.92. The van der Waals surface area contributed by atoms with Gasteiger partial charge in [0.1, 0.15) is 5.75 Å². The number of amides is 1. The van der Waals surface area contributed by atoms with Gasteiger partial charge >= 0.3 is 5.97 Å². The molecule has 0 aliphatic carbocycles. The largest absolute Gasteiger partial charge is 0.467 e. The van der Waals surface area contributed by atoms with Crippen LogP contribution in [0.25, 0.3) is 0 Å². The highest BCUT2D eigenvalue weighted by Gasteiger charge is 2.35. The van der Waals surface area contributed by atoms with E-state index in [0.29, 0.717) is 0 Å². The van der Waals surface area contributed by atoms with Crippen LogP contribution in [-0.2, 0) is 28.9 Å². The molecule has 0 radical (unpaired) electrons. The Hall–Kier alpha value is -1.93. The highest BCUT2D eigenvalue weighted by Crippen LogP contribution is 2.19. The van der Waals surface area contributed by atoms with Crippen molar-refractivity contribution in [2.24, 2.45) is 0 Å². The van der Waals surface area contributed by atoms with Crippen LogP contribution >= 0.6 is 0 Å². The van der Waals surface area contributed by atoms with Gasteiger partial charge in [0.2, 0.25) is 5.91 Å². The van der Waals surface area contributed by atoms with Gasteiger partial charge < -0.3 is 14.4 Å². The van der Waals surface area contributed by atoms with E-state index in [4.69, 9.17) is 4.74 Å². The Balaban J connectivity index is 2.15. The molecule has 0 bridgehead atoms. The summed E-state index contributed by atoms with van der Waals surface area (Å²) in [4.78, 5) is 25.6. The van der Waals surface area contributed by atoms with Gasteiger partial charge in [0.05, 0.1) is 25.2 Å². The van der Waals surface area contributed by atoms with Crippen molar-refractivity contribution < 1.29 is 27.5 Å². The molecule has 1 fully saturated rings. The number of ether oxygens (including phenoxy) is 2. The van der Waals surface area contributed by atoms with E-state index in [2.05, 4.69) is 4.74 Å². The summed E-state index contributed by atoms with van der Waals surface area (Å²) in [6, 6.07) is 5.59. The molecule has 1 unspecified atom stereocenters. The summed E-state index contributed by atoms with van der Waals surface area (Å²) in [5, 5.41) is 0. The van der Waals surface area contributed by atoms with E-state index in [1.807, 2.05) is 13.8 Å². The minimum absolute atomic E-state index is 0.00153. The zero-order chi connectivity index (χ0) is 18.6. The lowest BCUT2D eigenvalue weighted by Crippen LogP contribution is -2.54. The first-order valence-electron chi connectivity index (χ1n) is 8.04. The maximum absolute atomic E-state index is 12.5. The number of rotatable bonds is 5. The summed E-state index contributed by atoms with van der Waals surface area (Å²) >= 11 is 0. The van der Waals surface area contributed by atoms with E-state index in [1.54, 1.807) is 12.1 Å². The van der Waals surface area contributed by atoms with Crippen LogP contribution < -0.4 is 0 Å². The average Bonchev–Trinajstić information content (AvgIpc) is 2.60. The molecule has 0 spiro atoms. The molecule has 1 aromatic rings. The van der Waals surface area contributed by atoms with Crippen molar-refractivity contribution in [3.05, 3.63) is 29.8 Å². The van der Waals surface area contributed by atoms with Crippen molar-refractivity contribution >= 4 is 21.7 Å². The number of methoxy groups -OCH3 is 1. The number of carbonyl (C=O) groups excluding carboxylic acids is 2.